The van der Waals surface area contributed by atoms with E-state index in [1.165, 1.54) is 0 Å². The van der Waals surface area contributed by atoms with Crippen molar-refractivity contribution in [3.8, 4) is 0 Å². The first kappa shape index (κ1) is 15.0. The number of rotatable bonds is 3. The molecular formula is C19H14N4O2. The van der Waals surface area contributed by atoms with Gasteiger partial charge in [-0.3, -0.25) is 9.59 Å². The Morgan fingerprint density at radius 1 is 0.960 bits per heavy atom. The predicted octanol–water partition coefficient (Wildman–Crippen LogP) is 2.40. The monoisotopic (exact) mass is 330 g/mol. The fourth-order valence-corrected chi connectivity index (χ4v) is 2.75. The van der Waals surface area contributed by atoms with Gasteiger partial charge < -0.3 is 5.32 Å². The van der Waals surface area contributed by atoms with E-state index in [2.05, 4.69) is 20.5 Å². The standard InChI is InChI=1S/C19H14N4O2/c24-18-14-7-3-2-6-13(14)17(22-23-18)11-20-19(25)16-10-9-12-5-1-4-8-15(12)21-16/h1-10H,11H2,(H,20,25)(H,23,24). The molecule has 0 aliphatic carbocycles. The molecule has 6 heteroatoms. The molecule has 4 aromatic rings. The Labute approximate surface area is 142 Å². The summed E-state index contributed by atoms with van der Waals surface area (Å²) >= 11 is 0. The molecule has 0 atom stereocenters. The Morgan fingerprint density at radius 3 is 2.60 bits per heavy atom. The first-order chi connectivity index (χ1) is 12.2. The van der Waals surface area contributed by atoms with Gasteiger partial charge >= 0.3 is 0 Å². The van der Waals surface area contributed by atoms with Crippen LogP contribution >= 0.6 is 0 Å². The predicted molar refractivity (Wildman–Crippen MR) is 95.3 cm³/mol. The third-order valence-corrected chi connectivity index (χ3v) is 4.02. The van der Waals surface area contributed by atoms with Crippen molar-refractivity contribution in [2.75, 3.05) is 0 Å². The van der Waals surface area contributed by atoms with Crippen molar-refractivity contribution in [1.29, 1.82) is 0 Å². The summed E-state index contributed by atoms with van der Waals surface area (Å²) in [6.07, 6.45) is 0. The number of nitrogens with one attached hydrogen (secondary N) is 2. The average molecular weight is 330 g/mol. The largest absolute Gasteiger partial charge is 0.345 e. The normalized spacial score (nSPS) is 10.9. The van der Waals surface area contributed by atoms with Gasteiger partial charge in [-0.05, 0) is 18.2 Å². The summed E-state index contributed by atoms with van der Waals surface area (Å²) in [4.78, 5) is 28.6. The van der Waals surface area contributed by atoms with Crippen molar-refractivity contribution >= 4 is 27.6 Å². The van der Waals surface area contributed by atoms with Crippen LogP contribution in [0.25, 0.3) is 21.7 Å². The number of hydrogen-bond donors (Lipinski definition) is 2. The van der Waals surface area contributed by atoms with Gasteiger partial charge in [-0.1, -0.05) is 42.5 Å². The van der Waals surface area contributed by atoms with Crippen LogP contribution in [0.3, 0.4) is 0 Å². The highest BCUT2D eigenvalue weighted by molar-refractivity contribution is 5.95. The lowest BCUT2D eigenvalue weighted by molar-refractivity contribution is 0.0946. The number of pyridine rings is 1. The molecule has 2 aromatic carbocycles. The number of para-hydroxylation sites is 1. The molecule has 0 aliphatic heterocycles. The van der Waals surface area contributed by atoms with Gasteiger partial charge in [-0.25, -0.2) is 10.1 Å². The second-order valence-corrected chi connectivity index (χ2v) is 5.62. The molecule has 0 saturated heterocycles. The highest BCUT2D eigenvalue weighted by Crippen LogP contribution is 2.13. The number of aromatic amines is 1. The molecule has 25 heavy (non-hydrogen) atoms. The molecule has 0 saturated carbocycles. The smallest absolute Gasteiger partial charge is 0.272 e. The van der Waals surface area contributed by atoms with Crippen molar-refractivity contribution in [3.63, 3.8) is 0 Å². The minimum absolute atomic E-state index is 0.199. The Hall–Kier alpha value is -3.54. The van der Waals surface area contributed by atoms with E-state index in [4.69, 9.17) is 0 Å². The van der Waals surface area contributed by atoms with Crippen molar-refractivity contribution < 1.29 is 4.79 Å². The van der Waals surface area contributed by atoms with E-state index in [-0.39, 0.29) is 18.0 Å². The van der Waals surface area contributed by atoms with E-state index in [9.17, 15) is 9.59 Å². The van der Waals surface area contributed by atoms with Gasteiger partial charge in [0, 0.05) is 10.8 Å². The first-order valence-corrected chi connectivity index (χ1v) is 7.83. The molecular weight excluding hydrogens is 316 g/mol. The molecule has 0 spiro atoms. The summed E-state index contributed by atoms with van der Waals surface area (Å²) in [5, 5.41) is 11.6. The fraction of sp³-hybridized carbons (Fsp3) is 0.0526. The second kappa shape index (κ2) is 6.16. The number of benzene rings is 2. The molecule has 2 aromatic heterocycles. The van der Waals surface area contributed by atoms with E-state index in [1.54, 1.807) is 18.2 Å². The van der Waals surface area contributed by atoms with Gasteiger partial charge in [-0.2, -0.15) is 5.10 Å². The molecule has 0 radical (unpaired) electrons. The number of carbonyl (C=O) groups is 1. The number of H-pyrrole nitrogens is 1. The van der Waals surface area contributed by atoms with Gasteiger partial charge in [0.25, 0.3) is 11.5 Å². The fourth-order valence-electron chi connectivity index (χ4n) is 2.75. The SMILES string of the molecule is O=C(NCc1n[nH]c(=O)c2ccccc12)c1ccc2ccccc2n1. The molecule has 0 aliphatic rings. The lowest BCUT2D eigenvalue weighted by Crippen LogP contribution is -2.25. The number of aromatic nitrogens is 3. The lowest BCUT2D eigenvalue weighted by atomic mass is 10.1. The molecule has 2 heterocycles. The van der Waals surface area contributed by atoms with Crippen LogP contribution in [0.15, 0.2) is 65.5 Å². The van der Waals surface area contributed by atoms with Crippen LogP contribution in [-0.4, -0.2) is 21.1 Å². The number of nitrogens with zero attached hydrogens (tertiary/aromatic N) is 2. The quantitative estimate of drug-likeness (QED) is 0.604. The summed E-state index contributed by atoms with van der Waals surface area (Å²) in [6, 6.07) is 18.3. The van der Waals surface area contributed by atoms with Gasteiger partial charge in [0.2, 0.25) is 0 Å². The van der Waals surface area contributed by atoms with Crippen LogP contribution in [0.4, 0.5) is 0 Å². The molecule has 2 N–H and O–H groups in total. The van der Waals surface area contributed by atoms with Crippen molar-refractivity contribution in [2.24, 2.45) is 0 Å². The van der Waals surface area contributed by atoms with Crippen molar-refractivity contribution in [3.05, 3.63) is 82.4 Å². The zero-order valence-corrected chi connectivity index (χ0v) is 13.2. The molecule has 6 nitrogen and oxygen atoms in total. The maximum Gasteiger partial charge on any atom is 0.272 e. The number of fused-ring (bicyclic) bond motifs is 2. The van der Waals surface area contributed by atoms with E-state index in [0.29, 0.717) is 16.8 Å². The summed E-state index contributed by atoms with van der Waals surface area (Å²) in [6.45, 7) is 0.199. The third-order valence-electron chi connectivity index (χ3n) is 4.02. The minimum Gasteiger partial charge on any atom is -0.345 e. The second-order valence-electron chi connectivity index (χ2n) is 5.62. The van der Waals surface area contributed by atoms with Crippen LogP contribution in [-0.2, 0) is 6.54 Å². The van der Waals surface area contributed by atoms with Crippen molar-refractivity contribution in [1.82, 2.24) is 20.5 Å². The number of amides is 1. The van der Waals surface area contributed by atoms with Gasteiger partial charge in [-0.15, -0.1) is 0 Å². The van der Waals surface area contributed by atoms with Gasteiger partial charge in [0.05, 0.1) is 23.1 Å². The average Bonchev–Trinajstić information content (AvgIpc) is 2.67. The van der Waals surface area contributed by atoms with Gasteiger partial charge in [0.15, 0.2) is 0 Å². The van der Waals surface area contributed by atoms with Crippen molar-refractivity contribution in [2.45, 2.75) is 6.54 Å². The zero-order valence-electron chi connectivity index (χ0n) is 13.2. The highest BCUT2D eigenvalue weighted by atomic mass is 16.2. The Kier molecular flexibility index (Phi) is 3.70. The van der Waals surface area contributed by atoms with Crippen LogP contribution in [0.2, 0.25) is 0 Å². The lowest BCUT2D eigenvalue weighted by Gasteiger charge is -2.07. The van der Waals surface area contributed by atoms with Crippen LogP contribution < -0.4 is 10.9 Å². The Bertz CT molecular complexity index is 1150. The Morgan fingerprint density at radius 2 is 1.72 bits per heavy atom. The van der Waals surface area contributed by atoms with E-state index in [1.807, 2.05) is 42.5 Å². The van der Waals surface area contributed by atoms with Gasteiger partial charge in [0.1, 0.15) is 5.69 Å². The summed E-state index contributed by atoms with van der Waals surface area (Å²) in [5.74, 6) is -0.289. The summed E-state index contributed by atoms with van der Waals surface area (Å²) in [7, 11) is 0. The molecule has 1 amide bonds. The van der Waals surface area contributed by atoms with Crippen LogP contribution in [0.5, 0.6) is 0 Å². The minimum atomic E-state index is -0.289. The van der Waals surface area contributed by atoms with E-state index >= 15 is 0 Å². The molecule has 4 rings (SSSR count). The third kappa shape index (κ3) is 2.85. The highest BCUT2D eigenvalue weighted by Gasteiger charge is 2.10. The molecule has 0 bridgehead atoms. The van der Waals surface area contributed by atoms with E-state index < -0.39 is 0 Å². The maximum atomic E-state index is 12.4. The summed E-state index contributed by atoms with van der Waals surface area (Å²) < 4.78 is 0. The van der Waals surface area contributed by atoms with E-state index in [0.717, 1.165) is 16.3 Å². The topological polar surface area (TPSA) is 87.7 Å². The van der Waals surface area contributed by atoms with Crippen LogP contribution in [0, 0.1) is 0 Å². The number of hydrogen-bond acceptors (Lipinski definition) is 4. The molecule has 0 unspecified atom stereocenters. The maximum absolute atomic E-state index is 12.4. The zero-order chi connectivity index (χ0) is 17.2. The first-order valence-electron chi connectivity index (χ1n) is 7.83. The molecule has 122 valence electrons. The number of carbonyl (C=O) groups excluding carboxylic acids is 1. The summed E-state index contributed by atoms with van der Waals surface area (Å²) in [5.41, 5.74) is 1.46. The van der Waals surface area contributed by atoms with Crippen LogP contribution in [0.1, 0.15) is 16.2 Å². The Balaban J connectivity index is 1.59. The molecule has 0 fully saturated rings.